The zero-order valence-electron chi connectivity index (χ0n) is 21.6. The molecule has 1 heterocycles. The van der Waals surface area contributed by atoms with E-state index in [9.17, 15) is 14.0 Å². The number of hydrazone groups is 1. The van der Waals surface area contributed by atoms with Gasteiger partial charge in [-0.3, -0.25) is 9.59 Å². The molecule has 0 N–H and O–H groups in total. The van der Waals surface area contributed by atoms with E-state index < -0.39 is 6.04 Å². The van der Waals surface area contributed by atoms with Crippen LogP contribution in [-0.2, 0) is 14.3 Å². The van der Waals surface area contributed by atoms with Crippen molar-refractivity contribution >= 4 is 17.5 Å². The van der Waals surface area contributed by atoms with E-state index in [4.69, 9.17) is 14.2 Å². The van der Waals surface area contributed by atoms with Crippen molar-refractivity contribution in [3.05, 3.63) is 59.4 Å². The number of benzene rings is 2. The molecule has 8 nitrogen and oxygen atoms in total. The van der Waals surface area contributed by atoms with E-state index in [0.29, 0.717) is 36.8 Å². The molecule has 0 radical (unpaired) electrons. The molecule has 0 saturated heterocycles. The third kappa shape index (κ3) is 6.10. The molecule has 1 saturated carbocycles. The smallest absolute Gasteiger partial charge is 0.262 e. The Morgan fingerprint density at radius 2 is 1.73 bits per heavy atom. The summed E-state index contributed by atoms with van der Waals surface area (Å²) in [6.07, 6.45) is 4.19. The molecule has 1 fully saturated rings. The van der Waals surface area contributed by atoms with Gasteiger partial charge >= 0.3 is 0 Å². The Morgan fingerprint density at radius 3 is 2.38 bits per heavy atom. The van der Waals surface area contributed by atoms with Crippen LogP contribution in [0.2, 0.25) is 0 Å². The SMILES string of the molecule is COCCN(CC(=O)N1N=C(c2ccc(F)cc2)C[C@H]1c1ccc(OC)c(OC)c1)C(=O)C1CCCC1. The van der Waals surface area contributed by atoms with Crippen molar-refractivity contribution < 1.29 is 28.2 Å². The number of nitrogens with zero attached hydrogens (tertiary/aromatic N) is 3. The van der Waals surface area contributed by atoms with Crippen molar-refractivity contribution in [1.82, 2.24) is 9.91 Å². The maximum Gasteiger partial charge on any atom is 0.262 e. The lowest BCUT2D eigenvalue weighted by Crippen LogP contribution is -2.44. The van der Waals surface area contributed by atoms with Gasteiger partial charge in [0.15, 0.2) is 11.5 Å². The van der Waals surface area contributed by atoms with Gasteiger partial charge in [-0.2, -0.15) is 5.10 Å². The second-order valence-corrected chi connectivity index (χ2v) is 9.36. The van der Waals surface area contributed by atoms with Crippen molar-refractivity contribution in [3.63, 3.8) is 0 Å². The van der Waals surface area contributed by atoms with Crippen LogP contribution < -0.4 is 9.47 Å². The molecule has 1 atom stereocenters. The predicted octanol–water partition coefficient (Wildman–Crippen LogP) is 4.19. The highest BCUT2D eigenvalue weighted by atomic mass is 19.1. The van der Waals surface area contributed by atoms with E-state index in [1.807, 2.05) is 12.1 Å². The molecule has 1 aliphatic heterocycles. The number of amides is 2. The van der Waals surface area contributed by atoms with Gasteiger partial charge in [0, 0.05) is 26.0 Å². The molecule has 1 aliphatic carbocycles. The molecule has 9 heteroatoms. The van der Waals surface area contributed by atoms with E-state index in [2.05, 4.69) is 5.10 Å². The minimum absolute atomic E-state index is 0.00694. The van der Waals surface area contributed by atoms with Gasteiger partial charge in [0.2, 0.25) is 5.91 Å². The first kappa shape index (κ1) is 26.6. The summed E-state index contributed by atoms with van der Waals surface area (Å²) in [6.45, 7) is 0.582. The van der Waals surface area contributed by atoms with Gasteiger partial charge in [0.05, 0.1) is 32.6 Å². The van der Waals surface area contributed by atoms with Crippen LogP contribution >= 0.6 is 0 Å². The molecule has 198 valence electrons. The summed E-state index contributed by atoms with van der Waals surface area (Å²) in [7, 11) is 4.70. The standard InChI is InChI=1S/C28H34FN3O5/c1-35-15-14-31(28(34)20-6-4-5-7-20)18-27(33)32-24(21-10-13-25(36-2)26(16-21)37-3)17-23(30-32)19-8-11-22(29)12-9-19/h8-13,16,20,24H,4-7,14-15,17-18H2,1-3H3/t24-/m0/s1. The Balaban J connectivity index is 1.63. The second kappa shape index (κ2) is 12.2. The van der Waals surface area contributed by atoms with E-state index in [1.165, 1.54) is 17.1 Å². The molecule has 2 aliphatic rings. The quantitative estimate of drug-likeness (QED) is 0.478. The molecule has 0 aromatic heterocycles. The molecule has 2 aromatic carbocycles. The number of hydrogen-bond acceptors (Lipinski definition) is 6. The van der Waals surface area contributed by atoms with Crippen molar-refractivity contribution in [3.8, 4) is 11.5 Å². The molecular formula is C28H34FN3O5. The average Bonchev–Trinajstić information content (AvgIpc) is 3.61. The largest absolute Gasteiger partial charge is 0.493 e. The Labute approximate surface area is 217 Å². The van der Waals surface area contributed by atoms with Gasteiger partial charge in [-0.05, 0) is 48.2 Å². The highest BCUT2D eigenvalue weighted by molar-refractivity contribution is 6.03. The third-order valence-corrected chi connectivity index (χ3v) is 7.04. The van der Waals surface area contributed by atoms with Crippen LogP contribution in [0.3, 0.4) is 0 Å². The van der Waals surface area contributed by atoms with Crippen molar-refractivity contribution in [2.75, 3.05) is 41.0 Å². The van der Waals surface area contributed by atoms with Crippen molar-refractivity contribution in [1.29, 1.82) is 0 Å². The summed E-state index contributed by atoms with van der Waals surface area (Å²) >= 11 is 0. The van der Waals surface area contributed by atoms with Crippen molar-refractivity contribution in [2.24, 2.45) is 11.0 Å². The second-order valence-electron chi connectivity index (χ2n) is 9.36. The average molecular weight is 512 g/mol. The number of rotatable bonds is 10. The first-order valence-electron chi connectivity index (χ1n) is 12.6. The molecule has 37 heavy (non-hydrogen) atoms. The lowest BCUT2D eigenvalue weighted by atomic mass is 9.98. The molecule has 4 rings (SSSR count). The number of halogens is 1. The van der Waals surface area contributed by atoms with E-state index in [1.54, 1.807) is 44.4 Å². The predicted molar refractivity (Wildman–Crippen MR) is 137 cm³/mol. The zero-order valence-corrected chi connectivity index (χ0v) is 21.6. The maximum absolute atomic E-state index is 13.7. The molecular weight excluding hydrogens is 477 g/mol. The van der Waals surface area contributed by atoms with Gasteiger partial charge in [-0.25, -0.2) is 9.40 Å². The fourth-order valence-electron chi connectivity index (χ4n) is 5.01. The van der Waals surface area contributed by atoms with Crippen LogP contribution in [0.25, 0.3) is 0 Å². The highest BCUT2D eigenvalue weighted by Gasteiger charge is 2.36. The third-order valence-electron chi connectivity index (χ3n) is 7.04. The van der Waals surface area contributed by atoms with Gasteiger partial charge in [-0.1, -0.05) is 31.0 Å². The molecule has 0 spiro atoms. The summed E-state index contributed by atoms with van der Waals surface area (Å²) in [5.41, 5.74) is 2.22. The van der Waals surface area contributed by atoms with Crippen LogP contribution in [0.4, 0.5) is 4.39 Å². The summed E-state index contributed by atoms with van der Waals surface area (Å²) in [5, 5.41) is 6.12. The van der Waals surface area contributed by atoms with Crippen LogP contribution in [0.15, 0.2) is 47.6 Å². The number of methoxy groups -OCH3 is 3. The van der Waals surface area contributed by atoms with Crippen LogP contribution in [0, 0.1) is 11.7 Å². The lowest BCUT2D eigenvalue weighted by molar-refractivity contribution is -0.144. The van der Waals surface area contributed by atoms with E-state index >= 15 is 0 Å². The minimum atomic E-state index is -0.418. The fourth-order valence-corrected chi connectivity index (χ4v) is 5.01. The maximum atomic E-state index is 13.7. The number of carbonyl (C=O) groups is 2. The Morgan fingerprint density at radius 1 is 1.03 bits per heavy atom. The topological polar surface area (TPSA) is 80.7 Å². The van der Waals surface area contributed by atoms with Gasteiger partial charge in [-0.15, -0.1) is 0 Å². The lowest BCUT2D eigenvalue weighted by Gasteiger charge is -2.28. The molecule has 2 amide bonds. The Bertz CT molecular complexity index is 1130. The zero-order chi connectivity index (χ0) is 26.4. The molecule has 0 bridgehead atoms. The number of carbonyl (C=O) groups excluding carboxylic acids is 2. The monoisotopic (exact) mass is 511 g/mol. The van der Waals surface area contributed by atoms with Gasteiger partial charge in [0.25, 0.3) is 5.91 Å². The van der Waals surface area contributed by atoms with Gasteiger partial charge in [0.1, 0.15) is 12.4 Å². The Hall–Kier alpha value is -3.46. The van der Waals surface area contributed by atoms with E-state index in [0.717, 1.165) is 36.8 Å². The van der Waals surface area contributed by atoms with Crippen molar-refractivity contribution in [2.45, 2.75) is 38.1 Å². The first-order chi connectivity index (χ1) is 17.9. The Kier molecular flexibility index (Phi) is 8.76. The fraction of sp³-hybridized carbons (Fsp3) is 0.464. The first-order valence-corrected chi connectivity index (χ1v) is 12.6. The normalized spacial score (nSPS) is 17.6. The van der Waals surface area contributed by atoms with Crippen LogP contribution in [0.5, 0.6) is 11.5 Å². The summed E-state index contributed by atoms with van der Waals surface area (Å²) < 4.78 is 29.6. The summed E-state index contributed by atoms with van der Waals surface area (Å²) in [5.74, 6) is 0.427. The van der Waals surface area contributed by atoms with Crippen LogP contribution in [0.1, 0.15) is 49.3 Å². The van der Waals surface area contributed by atoms with Crippen LogP contribution in [-0.4, -0.2) is 68.5 Å². The van der Waals surface area contributed by atoms with E-state index in [-0.39, 0.29) is 30.1 Å². The molecule has 2 aromatic rings. The minimum Gasteiger partial charge on any atom is -0.493 e. The summed E-state index contributed by atoms with van der Waals surface area (Å²) in [4.78, 5) is 28.5. The highest BCUT2D eigenvalue weighted by Crippen LogP contribution is 2.37. The number of hydrogen-bond donors (Lipinski definition) is 0. The summed E-state index contributed by atoms with van der Waals surface area (Å²) in [6, 6.07) is 11.1. The number of ether oxygens (including phenoxy) is 3. The van der Waals surface area contributed by atoms with Gasteiger partial charge < -0.3 is 19.1 Å². The molecule has 0 unspecified atom stereocenters.